The van der Waals surface area contributed by atoms with E-state index in [9.17, 15) is 5.11 Å². The molecule has 3 aromatic rings. The van der Waals surface area contributed by atoms with Crippen LogP contribution in [0.1, 0.15) is 41.7 Å². The lowest BCUT2D eigenvalue weighted by molar-refractivity contribution is 0.121. The van der Waals surface area contributed by atoms with Gasteiger partial charge < -0.3 is 19.3 Å². The summed E-state index contributed by atoms with van der Waals surface area (Å²) in [7, 11) is 1.61. The van der Waals surface area contributed by atoms with Gasteiger partial charge in [-0.25, -0.2) is 0 Å². The molecule has 1 atom stereocenters. The fourth-order valence-corrected chi connectivity index (χ4v) is 3.03. The fourth-order valence-electron chi connectivity index (χ4n) is 3.03. The minimum Gasteiger partial charge on any atom is -0.493 e. The summed E-state index contributed by atoms with van der Waals surface area (Å²) in [5.41, 5.74) is 3.74. The first-order valence-electron chi connectivity index (χ1n) is 9.90. The third-order valence-electron chi connectivity index (χ3n) is 4.65. The average Bonchev–Trinajstić information content (AvgIpc) is 2.78. The van der Waals surface area contributed by atoms with Gasteiger partial charge in [-0.05, 0) is 40.8 Å². The Bertz CT molecular complexity index is 875. The highest BCUT2D eigenvalue weighted by atomic mass is 16.5. The number of aliphatic hydroxyl groups excluding tert-OH is 1. The summed E-state index contributed by atoms with van der Waals surface area (Å²) in [6.45, 7) is 3.86. The number of methoxy groups -OCH3 is 1. The summed E-state index contributed by atoms with van der Waals surface area (Å²) in [5, 5.41) is 10.8. The predicted molar refractivity (Wildman–Crippen MR) is 114 cm³/mol. The van der Waals surface area contributed by atoms with E-state index >= 15 is 0 Å². The third kappa shape index (κ3) is 5.83. The van der Waals surface area contributed by atoms with E-state index in [2.05, 4.69) is 6.92 Å². The van der Waals surface area contributed by atoms with Crippen LogP contribution in [0.25, 0.3) is 0 Å². The molecule has 0 fully saturated rings. The standard InChI is InChI=1S/C25H28O4/c1-3-15-28-17-20-9-11-21(12-10-20)25(26)22-13-14-23(27-2)24(16-22)29-18-19-7-5-4-6-8-19/h4-14,16,25-26H,3,15,17-18H2,1-2H3. The van der Waals surface area contributed by atoms with Gasteiger partial charge >= 0.3 is 0 Å². The van der Waals surface area contributed by atoms with Crippen LogP contribution in [0.3, 0.4) is 0 Å². The van der Waals surface area contributed by atoms with Crippen LogP contribution in [0, 0.1) is 0 Å². The molecule has 0 heterocycles. The van der Waals surface area contributed by atoms with Crippen LogP contribution in [0.2, 0.25) is 0 Å². The van der Waals surface area contributed by atoms with Crippen molar-refractivity contribution in [1.29, 1.82) is 0 Å². The number of aliphatic hydroxyl groups is 1. The van der Waals surface area contributed by atoms with Crippen LogP contribution >= 0.6 is 0 Å². The Hall–Kier alpha value is -2.82. The Morgan fingerprint density at radius 2 is 1.48 bits per heavy atom. The fraction of sp³-hybridized carbons (Fsp3) is 0.280. The summed E-state index contributed by atoms with van der Waals surface area (Å²) in [5.74, 6) is 1.25. The first-order valence-corrected chi connectivity index (χ1v) is 9.90. The van der Waals surface area contributed by atoms with Crippen molar-refractivity contribution in [1.82, 2.24) is 0 Å². The third-order valence-corrected chi connectivity index (χ3v) is 4.65. The Morgan fingerprint density at radius 1 is 0.793 bits per heavy atom. The first kappa shape index (κ1) is 20.9. The molecule has 152 valence electrons. The van der Waals surface area contributed by atoms with Gasteiger partial charge in [-0.15, -0.1) is 0 Å². The second-order valence-corrected chi connectivity index (χ2v) is 6.88. The molecule has 0 saturated heterocycles. The topological polar surface area (TPSA) is 47.9 Å². The van der Waals surface area contributed by atoms with Crippen molar-refractivity contribution < 1.29 is 19.3 Å². The van der Waals surface area contributed by atoms with E-state index in [4.69, 9.17) is 14.2 Å². The molecule has 0 spiro atoms. The molecule has 3 aromatic carbocycles. The maximum absolute atomic E-state index is 10.8. The molecule has 0 radical (unpaired) electrons. The number of hydrogen-bond acceptors (Lipinski definition) is 4. The lowest BCUT2D eigenvalue weighted by atomic mass is 10.00. The van der Waals surface area contributed by atoms with Crippen LogP contribution in [0.15, 0.2) is 72.8 Å². The molecular formula is C25H28O4. The lowest BCUT2D eigenvalue weighted by Crippen LogP contribution is -2.03. The Labute approximate surface area is 172 Å². The number of ether oxygens (including phenoxy) is 3. The smallest absolute Gasteiger partial charge is 0.162 e. The molecule has 3 rings (SSSR count). The van der Waals surface area contributed by atoms with Crippen LogP contribution < -0.4 is 9.47 Å². The van der Waals surface area contributed by atoms with E-state index in [0.717, 1.165) is 35.3 Å². The summed E-state index contributed by atoms with van der Waals surface area (Å²) in [6, 6.07) is 23.3. The zero-order chi connectivity index (χ0) is 20.5. The van der Waals surface area contributed by atoms with Gasteiger partial charge in [0.2, 0.25) is 0 Å². The molecular weight excluding hydrogens is 364 g/mol. The van der Waals surface area contributed by atoms with Crippen LogP contribution in [0.5, 0.6) is 11.5 Å². The molecule has 4 nitrogen and oxygen atoms in total. The highest BCUT2D eigenvalue weighted by Gasteiger charge is 2.14. The maximum Gasteiger partial charge on any atom is 0.162 e. The molecule has 0 bridgehead atoms. The van der Waals surface area contributed by atoms with Gasteiger partial charge in [0, 0.05) is 6.61 Å². The summed E-state index contributed by atoms with van der Waals surface area (Å²) < 4.78 is 16.9. The molecule has 4 heteroatoms. The second kappa shape index (κ2) is 10.6. The van der Waals surface area contributed by atoms with Crippen molar-refractivity contribution in [3.05, 3.63) is 95.1 Å². The zero-order valence-corrected chi connectivity index (χ0v) is 17.0. The van der Waals surface area contributed by atoms with Crippen molar-refractivity contribution in [2.45, 2.75) is 32.7 Å². The molecule has 0 amide bonds. The minimum atomic E-state index is -0.745. The molecule has 0 aliphatic rings. The van der Waals surface area contributed by atoms with Gasteiger partial charge in [-0.1, -0.05) is 67.6 Å². The minimum absolute atomic E-state index is 0.434. The van der Waals surface area contributed by atoms with Crippen LogP contribution in [-0.2, 0) is 18.0 Å². The molecule has 29 heavy (non-hydrogen) atoms. The molecule has 0 aliphatic heterocycles. The van der Waals surface area contributed by atoms with E-state index in [-0.39, 0.29) is 0 Å². The van der Waals surface area contributed by atoms with E-state index < -0.39 is 6.10 Å². The van der Waals surface area contributed by atoms with E-state index in [0.29, 0.717) is 24.7 Å². The van der Waals surface area contributed by atoms with Crippen molar-refractivity contribution in [3.63, 3.8) is 0 Å². The molecule has 0 aromatic heterocycles. The number of benzene rings is 3. The van der Waals surface area contributed by atoms with Gasteiger partial charge in [-0.3, -0.25) is 0 Å². The SMILES string of the molecule is CCCOCc1ccc(C(O)c2ccc(OC)c(OCc3ccccc3)c2)cc1. The molecule has 0 aliphatic carbocycles. The zero-order valence-electron chi connectivity index (χ0n) is 17.0. The Morgan fingerprint density at radius 3 is 2.17 bits per heavy atom. The predicted octanol–water partition coefficient (Wildman–Crippen LogP) is 5.28. The first-order chi connectivity index (χ1) is 14.2. The normalized spacial score (nSPS) is 11.8. The Kier molecular flexibility index (Phi) is 7.68. The van der Waals surface area contributed by atoms with Crippen molar-refractivity contribution >= 4 is 0 Å². The summed E-state index contributed by atoms with van der Waals surface area (Å²) in [6.07, 6.45) is 0.258. The van der Waals surface area contributed by atoms with E-state index in [1.165, 1.54) is 0 Å². The summed E-state index contributed by atoms with van der Waals surface area (Å²) in [4.78, 5) is 0. The van der Waals surface area contributed by atoms with Crippen molar-refractivity contribution in [2.24, 2.45) is 0 Å². The maximum atomic E-state index is 10.8. The van der Waals surface area contributed by atoms with Crippen LogP contribution in [0.4, 0.5) is 0 Å². The van der Waals surface area contributed by atoms with Gasteiger partial charge in [0.15, 0.2) is 11.5 Å². The summed E-state index contributed by atoms with van der Waals surface area (Å²) >= 11 is 0. The second-order valence-electron chi connectivity index (χ2n) is 6.88. The molecule has 1 N–H and O–H groups in total. The highest BCUT2D eigenvalue weighted by molar-refractivity contribution is 5.45. The van der Waals surface area contributed by atoms with Crippen molar-refractivity contribution in [3.8, 4) is 11.5 Å². The number of rotatable bonds is 10. The van der Waals surface area contributed by atoms with E-state index in [1.54, 1.807) is 7.11 Å². The molecule has 1 unspecified atom stereocenters. The average molecular weight is 392 g/mol. The van der Waals surface area contributed by atoms with Gasteiger partial charge in [0.25, 0.3) is 0 Å². The number of hydrogen-bond donors (Lipinski definition) is 1. The van der Waals surface area contributed by atoms with Crippen molar-refractivity contribution in [2.75, 3.05) is 13.7 Å². The van der Waals surface area contributed by atoms with Crippen LogP contribution in [-0.4, -0.2) is 18.8 Å². The molecule has 0 saturated carbocycles. The van der Waals surface area contributed by atoms with Gasteiger partial charge in [0.1, 0.15) is 12.7 Å². The highest BCUT2D eigenvalue weighted by Crippen LogP contribution is 2.33. The van der Waals surface area contributed by atoms with Gasteiger partial charge in [-0.2, -0.15) is 0 Å². The van der Waals surface area contributed by atoms with Gasteiger partial charge in [0.05, 0.1) is 13.7 Å². The quantitative estimate of drug-likeness (QED) is 0.477. The monoisotopic (exact) mass is 392 g/mol. The lowest BCUT2D eigenvalue weighted by Gasteiger charge is -2.16. The Balaban J connectivity index is 1.72. The van der Waals surface area contributed by atoms with E-state index in [1.807, 2.05) is 72.8 Å². The largest absolute Gasteiger partial charge is 0.493 e.